The summed E-state index contributed by atoms with van der Waals surface area (Å²) in [6, 6.07) is 17.7. The number of anilines is 3. The van der Waals surface area contributed by atoms with E-state index in [0.717, 1.165) is 31.7 Å². The number of fused-ring (bicyclic) bond motifs is 2. The first-order chi connectivity index (χ1) is 17.2. The molecule has 2 aliphatic heterocycles. The molecule has 0 aliphatic carbocycles. The van der Waals surface area contributed by atoms with Crippen LogP contribution in [0.5, 0.6) is 5.75 Å². The lowest BCUT2D eigenvalue weighted by Crippen LogP contribution is -2.45. The van der Waals surface area contributed by atoms with Crippen molar-refractivity contribution in [2.75, 3.05) is 49.3 Å². The first-order valence-corrected chi connectivity index (χ1v) is 12.2. The quantitative estimate of drug-likeness (QED) is 0.499. The van der Waals surface area contributed by atoms with Gasteiger partial charge in [-0.3, -0.25) is 4.90 Å². The Bertz CT molecular complexity index is 1130. The molecule has 0 spiro atoms. The molecule has 1 atom stereocenters. The van der Waals surface area contributed by atoms with Gasteiger partial charge in [-0.15, -0.1) is 6.58 Å². The number of para-hydroxylation sites is 1. The maximum atomic E-state index is 6.20. The van der Waals surface area contributed by atoms with Crippen molar-refractivity contribution in [1.82, 2.24) is 19.9 Å². The molecule has 182 valence electrons. The van der Waals surface area contributed by atoms with Crippen LogP contribution in [0.15, 0.2) is 61.2 Å². The van der Waals surface area contributed by atoms with Crippen LogP contribution in [0.25, 0.3) is 0 Å². The molecule has 1 aromatic heterocycles. The molecule has 35 heavy (non-hydrogen) atoms. The van der Waals surface area contributed by atoms with Gasteiger partial charge in [0.05, 0.1) is 6.04 Å². The average molecular weight is 472 g/mol. The maximum absolute atomic E-state index is 6.20. The molecule has 1 saturated heterocycles. The Hall–Kier alpha value is -3.65. The number of piperidine rings is 1. The Labute approximate surface area is 207 Å². The standard InChI is InChI=1S/C27H33N7O/c1-4-15-29-26-30-25(28-2)31-27(32-26)34-16-13-20(14-17-34)33(3)24-21-10-6-5-9-19(21)18-35-23-12-8-7-11-22(23)24/h4-12,20,24H,1,13-18H2,2-3H3,(H2,28,29,30,31,32)/t24-/m1/s1. The van der Waals surface area contributed by atoms with Crippen LogP contribution < -0.4 is 20.3 Å². The van der Waals surface area contributed by atoms with Crippen molar-refractivity contribution in [1.29, 1.82) is 0 Å². The fourth-order valence-corrected chi connectivity index (χ4v) is 5.08. The second-order valence-corrected chi connectivity index (χ2v) is 9.01. The van der Waals surface area contributed by atoms with Crippen LogP contribution in [-0.4, -0.2) is 59.6 Å². The highest BCUT2D eigenvalue weighted by atomic mass is 16.5. The molecule has 8 heteroatoms. The van der Waals surface area contributed by atoms with Crippen molar-refractivity contribution < 1.29 is 4.74 Å². The Morgan fingerprint density at radius 1 is 1.03 bits per heavy atom. The van der Waals surface area contributed by atoms with Gasteiger partial charge in [-0.05, 0) is 37.1 Å². The summed E-state index contributed by atoms with van der Waals surface area (Å²) < 4.78 is 6.20. The second kappa shape index (κ2) is 10.3. The van der Waals surface area contributed by atoms with Crippen LogP contribution in [0.4, 0.5) is 17.8 Å². The van der Waals surface area contributed by atoms with Gasteiger partial charge in [-0.1, -0.05) is 48.5 Å². The van der Waals surface area contributed by atoms with Crippen LogP contribution in [-0.2, 0) is 6.61 Å². The van der Waals surface area contributed by atoms with Crippen LogP contribution in [0.2, 0.25) is 0 Å². The van der Waals surface area contributed by atoms with Crippen molar-refractivity contribution in [2.24, 2.45) is 0 Å². The Kier molecular flexibility index (Phi) is 6.81. The van der Waals surface area contributed by atoms with E-state index in [-0.39, 0.29) is 6.04 Å². The summed E-state index contributed by atoms with van der Waals surface area (Å²) in [4.78, 5) is 18.5. The predicted octanol–water partition coefficient (Wildman–Crippen LogP) is 4.09. The van der Waals surface area contributed by atoms with E-state index in [4.69, 9.17) is 4.74 Å². The molecule has 3 aromatic rings. The Morgan fingerprint density at radius 3 is 2.51 bits per heavy atom. The Morgan fingerprint density at radius 2 is 1.74 bits per heavy atom. The van der Waals surface area contributed by atoms with Crippen LogP contribution in [0.3, 0.4) is 0 Å². The number of nitrogens with zero attached hydrogens (tertiary/aromatic N) is 5. The van der Waals surface area contributed by atoms with E-state index < -0.39 is 0 Å². The average Bonchev–Trinajstić information content (AvgIpc) is 3.08. The van der Waals surface area contributed by atoms with E-state index in [1.54, 1.807) is 6.08 Å². The lowest BCUT2D eigenvalue weighted by molar-refractivity contribution is 0.169. The third-order valence-corrected chi connectivity index (χ3v) is 6.93. The summed E-state index contributed by atoms with van der Waals surface area (Å²) in [6.07, 6.45) is 3.83. The normalized spacial score (nSPS) is 17.7. The largest absolute Gasteiger partial charge is 0.489 e. The highest BCUT2D eigenvalue weighted by Gasteiger charge is 2.33. The topological polar surface area (TPSA) is 78.4 Å². The summed E-state index contributed by atoms with van der Waals surface area (Å²) >= 11 is 0. The smallest absolute Gasteiger partial charge is 0.231 e. The number of benzene rings is 2. The highest BCUT2D eigenvalue weighted by Crippen LogP contribution is 2.40. The fraction of sp³-hybridized carbons (Fsp3) is 0.370. The molecular formula is C27H33N7O. The molecule has 1 fully saturated rings. The zero-order valence-corrected chi connectivity index (χ0v) is 20.4. The zero-order chi connectivity index (χ0) is 24.2. The van der Waals surface area contributed by atoms with Gasteiger partial charge in [0.25, 0.3) is 0 Å². The van der Waals surface area contributed by atoms with Crippen LogP contribution in [0.1, 0.15) is 35.6 Å². The SMILES string of the molecule is C=CCNc1nc(NC)nc(N2CCC(N(C)[C@@H]3c4ccccc4COc4ccccc43)CC2)n1. The second-order valence-electron chi connectivity index (χ2n) is 9.01. The minimum atomic E-state index is 0.157. The minimum absolute atomic E-state index is 0.157. The lowest BCUT2D eigenvalue weighted by atomic mass is 9.91. The maximum Gasteiger partial charge on any atom is 0.231 e. The molecule has 0 unspecified atom stereocenters. The minimum Gasteiger partial charge on any atom is -0.489 e. The third-order valence-electron chi connectivity index (χ3n) is 6.93. The van der Waals surface area contributed by atoms with Crippen LogP contribution >= 0.6 is 0 Å². The molecule has 8 nitrogen and oxygen atoms in total. The number of aromatic nitrogens is 3. The van der Waals surface area contributed by atoms with Crippen molar-refractivity contribution in [3.8, 4) is 5.75 Å². The molecule has 3 heterocycles. The van der Waals surface area contributed by atoms with E-state index in [1.165, 1.54) is 16.7 Å². The summed E-state index contributed by atoms with van der Waals surface area (Å²) in [6.45, 7) is 6.73. The zero-order valence-electron chi connectivity index (χ0n) is 20.4. The van der Waals surface area contributed by atoms with Crippen LogP contribution in [0, 0.1) is 0 Å². The van der Waals surface area contributed by atoms with E-state index >= 15 is 0 Å². The highest BCUT2D eigenvalue weighted by molar-refractivity contribution is 5.47. The molecule has 0 saturated carbocycles. The number of ether oxygens (including phenoxy) is 1. The van der Waals surface area contributed by atoms with Gasteiger partial charge in [-0.25, -0.2) is 0 Å². The summed E-state index contributed by atoms with van der Waals surface area (Å²) in [5, 5.41) is 6.22. The van der Waals surface area contributed by atoms with E-state index in [0.29, 0.717) is 37.0 Å². The molecule has 2 aliphatic rings. The number of nitrogens with one attached hydrogen (secondary N) is 2. The van der Waals surface area contributed by atoms with Crippen molar-refractivity contribution in [3.63, 3.8) is 0 Å². The molecule has 5 rings (SSSR count). The van der Waals surface area contributed by atoms with Gasteiger partial charge >= 0.3 is 0 Å². The fourth-order valence-electron chi connectivity index (χ4n) is 5.08. The Balaban J connectivity index is 1.36. The van der Waals surface area contributed by atoms with Crippen molar-refractivity contribution in [3.05, 3.63) is 77.9 Å². The predicted molar refractivity (Wildman–Crippen MR) is 140 cm³/mol. The van der Waals surface area contributed by atoms with E-state index in [1.807, 2.05) is 7.05 Å². The third kappa shape index (κ3) is 4.79. The van der Waals surface area contributed by atoms with Gasteiger partial charge in [0.15, 0.2) is 0 Å². The summed E-state index contributed by atoms with van der Waals surface area (Å²) in [5.41, 5.74) is 3.82. The van der Waals surface area contributed by atoms with Gasteiger partial charge in [0.1, 0.15) is 12.4 Å². The summed E-state index contributed by atoms with van der Waals surface area (Å²) in [7, 11) is 4.08. The van der Waals surface area contributed by atoms with E-state index in [2.05, 4.69) is 97.5 Å². The molecule has 0 amide bonds. The number of hydrogen-bond donors (Lipinski definition) is 2. The van der Waals surface area contributed by atoms with Gasteiger partial charge < -0.3 is 20.3 Å². The van der Waals surface area contributed by atoms with Gasteiger partial charge in [-0.2, -0.15) is 15.0 Å². The number of rotatable bonds is 7. The molecule has 0 bridgehead atoms. The van der Waals surface area contributed by atoms with Gasteiger partial charge in [0, 0.05) is 38.3 Å². The van der Waals surface area contributed by atoms with Crippen molar-refractivity contribution >= 4 is 17.8 Å². The monoisotopic (exact) mass is 471 g/mol. The molecular weight excluding hydrogens is 438 g/mol. The molecule has 2 aromatic carbocycles. The first-order valence-electron chi connectivity index (χ1n) is 12.2. The first kappa shape index (κ1) is 23.1. The lowest BCUT2D eigenvalue weighted by Gasteiger charge is -2.41. The van der Waals surface area contributed by atoms with Crippen molar-refractivity contribution in [2.45, 2.75) is 31.5 Å². The number of hydrogen-bond acceptors (Lipinski definition) is 8. The summed E-state index contributed by atoms with van der Waals surface area (Å²) in [5.74, 6) is 2.80. The molecule has 0 radical (unpaired) electrons. The molecule has 2 N–H and O–H groups in total. The van der Waals surface area contributed by atoms with E-state index in [9.17, 15) is 0 Å². The van der Waals surface area contributed by atoms with Gasteiger partial charge in [0.2, 0.25) is 17.8 Å².